The summed E-state index contributed by atoms with van der Waals surface area (Å²) in [4.78, 5) is 22.2. The molecule has 0 spiro atoms. The number of urea groups is 1. The maximum absolute atomic E-state index is 10.8. The Morgan fingerprint density at radius 1 is 1.40 bits per heavy atom. The third kappa shape index (κ3) is 5.90. The maximum Gasteiger partial charge on any atom is 0.320 e. The highest BCUT2D eigenvalue weighted by molar-refractivity contribution is 5.74. The summed E-state index contributed by atoms with van der Waals surface area (Å²) in [6, 6.07) is -0.669. The van der Waals surface area contributed by atoms with Crippen molar-refractivity contribution in [1.29, 1.82) is 0 Å². The van der Waals surface area contributed by atoms with Crippen LogP contribution in [0.4, 0.5) is 4.79 Å². The summed E-state index contributed by atoms with van der Waals surface area (Å²) in [5.41, 5.74) is 4.84. The summed E-state index contributed by atoms with van der Waals surface area (Å²) < 4.78 is 0. The van der Waals surface area contributed by atoms with E-state index in [1.807, 2.05) is 4.90 Å². The number of nitrogens with zero attached hydrogens (tertiary/aromatic N) is 1. The third-order valence-corrected chi connectivity index (χ3v) is 2.00. The van der Waals surface area contributed by atoms with Gasteiger partial charge in [-0.15, -0.1) is 0 Å². The van der Waals surface area contributed by atoms with Crippen molar-refractivity contribution in [3.63, 3.8) is 0 Å². The molecule has 2 amide bonds. The number of carbonyl (C=O) groups is 2. The van der Waals surface area contributed by atoms with Crippen LogP contribution in [0.25, 0.3) is 0 Å². The standard InChI is InChI=1S/C6H12N2O.C3H7NO2/c1-7-6(9)8-4-2-3-5-8;1-2(4)3(5)6/h2-5H2,1H3,(H,7,9);2H,4H2,1H3,(H,5,6)/t;2-/m.0/s1. The van der Waals surface area contributed by atoms with Gasteiger partial charge in [-0.2, -0.15) is 0 Å². The van der Waals surface area contributed by atoms with Crippen LogP contribution in [0, 0.1) is 0 Å². The minimum atomic E-state index is -0.963. The van der Waals surface area contributed by atoms with E-state index in [4.69, 9.17) is 10.8 Å². The van der Waals surface area contributed by atoms with Gasteiger partial charge in [0.05, 0.1) is 0 Å². The van der Waals surface area contributed by atoms with Gasteiger partial charge in [0.25, 0.3) is 0 Å². The van der Waals surface area contributed by atoms with Crippen molar-refractivity contribution in [2.24, 2.45) is 5.73 Å². The Balaban J connectivity index is 0.000000288. The van der Waals surface area contributed by atoms with E-state index in [0.717, 1.165) is 25.9 Å². The van der Waals surface area contributed by atoms with Crippen LogP contribution in [0.5, 0.6) is 0 Å². The molecule has 1 aliphatic rings. The van der Waals surface area contributed by atoms with Gasteiger partial charge in [-0.3, -0.25) is 4.79 Å². The number of likely N-dealkylation sites (tertiary alicyclic amines) is 1. The minimum absolute atomic E-state index is 0.0625. The van der Waals surface area contributed by atoms with E-state index in [0.29, 0.717) is 0 Å². The number of amides is 2. The normalized spacial score (nSPS) is 16.3. The van der Waals surface area contributed by atoms with Crippen LogP contribution in [0.15, 0.2) is 0 Å². The molecule has 0 saturated carbocycles. The lowest BCUT2D eigenvalue weighted by Gasteiger charge is -2.13. The zero-order valence-electron chi connectivity index (χ0n) is 9.19. The monoisotopic (exact) mass is 217 g/mol. The number of hydrogen-bond donors (Lipinski definition) is 3. The first kappa shape index (κ1) is 13.7. The fourth-order valence-electron chi connectivity index (χ4n) is 1.08. The predicted octanol–water partition coefficient (Wildman–Crippen LogP) is -0.160. The molecule has 0 radical (unpaired) electrons. The van der Waals surface area contributed by atoms with Crippen molar-refractivity contribution in [1.82, 2.24) is 10.2 Å². The lowest BCUT2D eigenvalue weighted by Crippen LogP contribution is -2.35. The summed E-state index contributed by atoms with van der Waals surface area (Å²) in [6.07, 6.45) is 2.32. The van der Waals surface area contributed by atoms with Crippen molar-refractivity contribution in [2.75, 3.05) is 20.1 Å². The Morgan fingerprint density at radius 2 is 1.80 bits per heavy atom. The molecule has 88 valence electrons. The fourth-order valence-corrected chi connectivity index (χ4v) is 1.08. The van der Waals surface area contributed by atoms with Crippen molar-refractivity contribution in [3.8, 4) is 0 Å². The Bertz CT molecular complexity index is 213. The molecular formula is C9H19N3O3. The van der Waals surface area contributed by atoms with Gasteiger partial charge in [0, 0.05) is 20.1 Å². The molecule has 0 unspecified atom stereocenters. The average molecular weight is 217 g/mol. The van der Waals surface area contributed by atoms with Gasteiger partial charge >= 0.3 is 12.0 Å². The summed E-state index contributed by atoms with van der Waals surface area (Å²) in [7, 11) is 1.67. The van der Waals surface area contributed by atoms with Gasteiger partial charge in [-0.05, 0) is 19.8 Å². The molecule has 4 N–H and O–H groups in total. The van der Waals surface area contributed by atoms with Crippen molar-refractivity contribution >= 4 is 12.0 Å². The summed E-state index contributed by atoms with van der Waals surface area (Å²) in [5.74, 6) is -0.963. The highest BCUT2D eigenvalue weighted by atomic mass is 16.4. The zero-order valence-corrected chi connectivity index (χ0v) is 9.19. The van der Waals surface area contributed by atoms with Gasteiger partial charge in [0.15, 0.2) is 0 Å². The fraction of sp³-hybridized carbons (Fsp3) is 0.778. The smallest absolute Gasteiger partial charge is 0.320 e. The van der Waals surface area contributed by atoms with Crippen LogP contribution in [0.1, 0.15) is 19.8 Å². The topological polar surface area (TPSA) is 95.7 Å². The van der Waals surface area contributed by atoms with E-state index in [1.165, 1.54) is 6.92 Å². The number of rotatable bonds is 1. The molecule has 1 atom stereocenters. The first-order valence-corrected chi connectivity index (χ1v) is 4.94. The quantitative estimate of drug-likeness (QED) is 0.568. The van der Waals surface area contributed by atoms with Gasteiger partial charge in [0.1, 0.15) is 6.04 Å². The molecule has 0 aliphatic carbocycles. The van der Waals surface area contributed by atoms with Gasteiger partial charge < -0.3 is 21.1 Å². The van der Waals surface area contributed by atoms with Crippen molar-refractivity contribution in [2.45, 2.75) is 25.8 Å². The number of nitrogens with one attached hydrogen (secondary N) is 1. The van der Waals surface area contributed by atoms with E-state index < -0.39 is 12.0 Å². The Hall–Kier alpha value is -1.30. The second-order valence-corrected chi connectivity index (χ2v) is 3.38. The average Bonchev–Trinajstić information content (AvgIpc) is 2.70. The van der Waals surface area contributed by atoms with Crippen molar-refractivity contribution < 1.29 is 14.7 Å². The molecule has 0 aromatic heterocycles. The molecule has 0 aromatic rings. The number of hydrogen-bond acceptors (Lipinski definition) is 3. The summed E-state index contributed by atoms with van der Waals surface area (Å²) in [6.45, 7) is 3.28. The first-order chi connectivity index (χ1) is 6.99. The van der Waals surface area contributed by atoms with Gasteiger partial charge in [0.2, 0.25) is 0 Å². The third-order valence-electron chi connectivity index (χ3n) is 2.00. The van der Waals surface area contributed by atoms with Crippen LogP contribution < -0.4 is 11.1 Å². The zero-order chi connectivity index (χ0) is 11.8. The molecule has 1 rings (SSSR count). The lowest BCUT2D eigenvalue weighted by molar-refractivity contribution is -0.138. The van der Waals surface area contributed by atoms with Gasteiger partial charge in [-0.1, -0.05) is 0 Å². The molecule has 6 heteroatoms. The van der Waals surface area contributed by atoms with Crippen LogP contribution >= 0.6 is 0 Å². The lowest BCUT2D eigenvalue weighted by atomic mass is 10.4. The molecular weight excluding hydrogens is 198 g/mol. The second kappa shape index (κ2) is 7.05. The Labute approximate surface area is 89.4 Å². The Kier molecular flexibility index (Phi) is 6.44. The second-order valence-electron chi connectivity index (χ2n) is 3.38. The predicted molar refractivity (Wildman–Crippen MR) is 56.5 cm³/mol. The number of carboxylic acids is 1. The Morgan fingerprint density at radius 3 is 2.07 bits per heavy atom. The minimum Gasteiger partial charge on any atom is -0.480 e. The molecule has 15 heavy (non-hydrogen) atoms. The highest BCUT2D eigenvalue weighted by Crippen LogP contribution is 2.06. The van der Waals surface area contributed by atoms with Crippen LogP contribution in [0.2, 0.25) is 0 Å². The van der Waals surface area contributed by atoms with Crippen LogP contribution in [-0.4, -0.2) is 48.2 Å². The molecule has 1 aliphatic heterocycles. The van der Waals surface area contributed by atoms with E-state index in [2.05, 4.69) is 5.32 Å². The van der Waals surface area contributed by atoms with Crippen LogP contribution in [-0.2, 0) is 4.79 Å². The largest absolute Gasteiger partial charge is 0.480 e. The molecule has 1 saturated heterocycles. The van der Waals surface area contributed by atoms with E-state index in [9.17, 15) is 9.59 Å². The number of aliphatic carboxylic acids is 1. The van der Waals surface area contributed by atoms with E-state index in [1.54, 1.807) is 7.05 Å². The molecule has 1 heterocycles. The number of carbonyl (C=O) groups excluding carboxylic acids is 1. The first-order valence-electron chi connectivity index (χ1n) is 4.94. The molecule has 6 nitrogen and oxygen atoms in total. The van der Waals surface area contributed by atoms with E-state index in [-0.39, 0.29) is 6.03 Å². The van der Waals surface area contributed by atoms with E-state index >= 15 is 0 Å². The van der Waals surface area contributed by atoms with Crippen LogP contribution in [0.3, 0.4) is 0 Å². The molecule has 0 bridgehead atoms. The maximum atomic E-state index is 10.8. The molecule has 1 fully saturated rings. The summed E-state index contributed by atoms with van der Waals surface area (Å²) in [5, 5.41) is 10.5. The highest BCUT2D eigenvalue weighted by Gasteiger charge is 2.15. The molecule has 0 aromatic carbocycles. The number of nitrogens with two attached hydrogens (primary N) is 1. The van der Waals surface area contributed by atoms with Gasteiger partial charge in [-0.25, -0.2) is 4.79 Å². The summed E-state index contributed by atoms with van der Waals surface area (Å²) >= 11 is 0. The SMILES string of the molecule is CNC(=O)N1CCCC1.C[C@H](N)C(=O)O. The number of carboxylic acid groups (broad SMARTS) is 1. The van der Waals surface area contributed by atoms with Crippen molar-refractivity contribution in [3.05, 3.63) is 0 Å².